The van der Waals surface area contributed by atoms with E-state index in [1.807, 2.05) is 6.92 Å². The van der Waals surface area contributed by atoms with Crippen molar-refractivity contribution < 1.29 is 18.4 Å². The van der Waals surface area contributed by atoms with Crippen LogP contribution in [0.5, 0.6) is 0 Å². The van der Waals surface area contributed by atoms with Crippen LogP contribution in [0.15, 0.2) is 5.38 Å². The SMILES string of the molecule is [2H]C([2H])([2H])C(NCCC)C(=O)Nc1c(C)csc1C(=O)OC. The second-order valence-electron chi connectivity index (χ2n) is 3.99. The highest BCUT2D eigenvalue weighted by molar-refractivity contribution is 7.12. The molecule has 0 fully saturated rings. The minimum atomic E-state index is -2.48. The number of hydrogen-bond acceptors (Lipinski definition) is 5. The summed E-state index contributed by atoms with van der Waals surface area (Å²) in [5, 5.41) is 6.95. The fraction of sp³-hybridized carbons (Fsp3) is 0.538. The Bertz CT molecular complexity index is 543. The lowest BCUT2D eigenvalue weighted by Gasteiger charge is -2.14. The summed E-state index contributed by atoms with van der Waals surface area (Å²) in [6.45, 7) is 1.53. The maximum absolute atomic E-state index is 12.3. The number of carbonyl (C=O) groups excluding carboxylic acids is 2. The average Bonchev–Trinajstić information content (AvgIpc) is 2.78. The van der Waals surface area contributed by atoms with Gasteiger partial charge >= 0.3 is 5.97 Å². The zero-order valence-electron chi connectivity index (χ0n) is 14.2. The highest BCUT2D eigenvalue weighted by Crippen LogP contribution is 2.28. The number of amides is 1. The Labute approximate surface area is 121 Å². The predicted octanol–water partition coefficient (Wildman–Crippen LogP) is 2.17. The average molecular weight is 287 g/mol. The summed E-state index contributed by atoms with van der Waals surface area (Å²) >= 11 is 1.14. The first-order valence-corrected chi connectivity index (χ1v) is 6.81. The summed E-state index contributed by atoms with van der Waals surface area (Å²) in [7, 11) is 1.25. The first kappa shape index (κ1) is 11.4. The van der Waals surface area contributed by atoms with E-state index in [-0.39, 0.29) is 4.88 Å². The molecule has 1 aromatic heterocycles. The van der Waals surface area contributed by atoms with Gasteiger partial charge in [-0.2, -0.15) is 0 Å². The monoisotopic (exact) mass is 287 g/mol. The zero-order valence-corrected chi connectivity index (χ0v) is 12.0. The van der Waals surface area contributed by atoms with Crippen LogP contribution in [0.4, 0.5) is 5.69 Å². The molecule has 1 amide bonds. The molecule has 0 spiro atoms. The topological polar surface area (TPSA) is 67.4 Å². The van der Waals surface area contributed by atoms with Crippen LogP contribution in [0, 0.1) is 6.92 Å². The number of carbonyl (C=O) groups is 2. The van der Waals surface area contributed by atoms with Crippen LogP contribution in [0.3, 0.4) is 0 Å². The largest absolute Gasteiger partial charge is 0.465 e. The van der Waals surface area contributed by atoms with Gasteiger partial charge in [-0.1, -0.05) is 6.92 Å². The molecule has 1 rings (SSSR count). The van der Waals surface area contributed by atoms with Gasteiger partial charge in [0, 0.05) is 4.11 Å². The molecule has 6 heteroatoms. The van der Waals surface area contributed by atoms with Gasteiger partial charge in [0.15, 0.2) is 0 Å². The van der Waals surface area contributed by atoms with Crippen molar-refractivity contribution in [3.8, 4) is 0 Å². The third-order valence-corrected chi connectivity index (χ3v) is 3.53. The molecule has 0 bridgehead atoms. The van der Waals surface area contributed by atoms with Crippen LogP contribution in [-0.2, 0) is 9.53 Å². The highest BCUT2D eigenvalue weighted by Gasteiger charge is 2.20. The van der Waals surface area contributed by atoms with Gasteiger partial charge in [-0.25, -0.2) is 4.79 Å². The number of anilines is 1. The minimum Gasteiger partial charge on any atom is -0.465 e. The first-order chi connectivity index (χ1) is 10.2. The van der Waals surface area contributed by atoms with E-state index >= 15 is 0 Å². The van der Waals surface area contributed by atoms with Gasteiger partial charge in [-0.15, -0.1) is 11.3 Å². The Morgan fingerprint density at radius 1 is 1.58 bits per heavy atom. The van der Waals surface area contributed by atoms with Crippen LogP contribution in [0.25, 0.3) is 0 Å². The molecule has 1 aromatic rings. The number of nitrogens with one attached hydrogen (secondary N) is 2. The predicted molar refractivity (Wildman–Crippen MR) is 76.8 cm³/mol. The van der Waals surface area contributed by atoms with Crippen molar-refractivity contribution in [2.24, 2.45) is 0 Å². The van der Waals surface area contributed by atoms with Crippen molar-refractivity contribution in [3.63, 3.8) is 0 Å². The molecular weight excluding hydrogens is 264 g/mol. The first-order valence-electron chi connectivity index (χ1n) is 7.43. The summed E-state index contributed by atoms with van der Waals surface area (Å²) in [5.74, 6) is -1.26. The third-order valence-electron chi connectivity index (χ3n) is 2.45. The van der Waals surface area contributed by atoms with Gasteiger partial charge in [-0.3, -0.25) is 4.79 Å². The van der Waals surface area contributed by atoms with Gasteiger partial charge in [0.25, 0.3) is 0 Å². The Balaban J connectivity index is 2.99. The summed E-state index contributed by atoms with van der Waals surface area (Å²) in [6, 6.07) is -1.34. The molecule has 1 heterocycles. The van der Waals surface area contributed by atoms with Crippen molar-refractivity contribution in [1.29, 1.82) is 0 Å². The second-order valence-corrected chi connectivity index (χ2v) is 4.87. The third kappa shape index (κ3) is 4.04. The van der Waals surface area contributed by atoms with Crippen molar-refractivity contribution in [2.45, 2.75) is 33.2 Å². The van der Waals surface area contributed by atoms with Gasteiger partial charge in [0.2, 0.25) is 5.91 Å². The lowest BCUT2D eigenvalue weighted by molar-refractivity contribution is -0.117. The molecule has 0 saturated carbocycles. The molecule has 1 unspecified atom stereocenters. The Kier molecular flexibility index (Phi) is 4.36. The van der Waals surface area contributed by atoms with Crippen molar-refractivity contribution in [3.05, 3.63) is 15.8 Å². The normalized spacial score (nSPS) is 15.0. The molecule has 19 heavy (non-hydrogen) atoms. The van der Waals surface area contributed by atoms with E-state index in [0.29, 0.717) is 24.2 Å². The number of esters is 1. The second kappa shape index (κ2) is 7.25. The number of hydrogen-bond donors (Lipinski definition) is 2. The maximum atomic E-state index is 12.3. The molecule has 5 nitrogen and oxygen atoms in total. The van der Waals surface area contributed by atoms with Crippen LogP contribution in [0.2, 0.25) is 0 Å². The number of aryl methyl sites for hydroxylation is 1. The van der Waals surface area contributed by atoms with Crippen LogP contribution < -0.4 is 10.6 Å². The Morgan fingerprint density at radius 3 is 2.89 bits per heavy atom. The molecule has 2 N–H and O–H groups in total. The molecule has 0 saturated heterocycles. The molecule has 0 aliphatic carbocycles. The molecule has 1 atom stereocenters. The lowest BCUT2D eigenvalue weighted by atomic mass is 10.2. The molecule has 0 aromatic carbocycles. The molecule has 0 aliphatic rings. The van der Waals surface area contributed by atoms with Crippen LogP contribution in [0.1, 0.15) is 39.5 Å². The van der Waals surface area contributed by atoms with Gasteiger partial charge in [0.1, 0.15) is 4.88 Å². The van der Waals surface area contributed by atoms with Crippen molar-refractivity contribution in [1.82, 2.24) is 5.32 Å². The molecule has 0 radical (unpaired) electrons. The summed E-state index contributed by atoms with van der Waals surface area (Å²) < 4.78 is 27.1. The fourth-order valence-corrected chi connectivity index (χ4v) is 2.34. The van der Waals surface area contributed by atoms with E-state index < -0.39 is 24.8 Å². The highest BCUT2D eigenvalue weighted by atomic mass is 32.1. The maximum Gasteiger partial charge on any atom is 0.350 e. The molecule has 106 valence electrons. The number of methoxy groups -OCH3 is 1. The van der Waals surface area contributed by atoms with E-state index in [1.54, 1.807) is 12.3 Å². The lowest BCUT2D eigenvalue weighted by Crippen LogP contribution is -2.38. The summed E-state index contributed by atoms with van der Waals surface area (Å²) in [6.07, 6.45) is 0.699. The van der Waals surface area contributed by atoms with Gasteiger partial charge in [-0.05, 0) is 37.7 Å². The van der Waals surface area contributed by atoms with Gasteiger partial charge in [0.05, 0.1) is 18.8 Å². The molecular formula is C13H20N2O3S. The van der Waals surface area contributed by atoms with E-state index in [9.17, 15) is 9.59 Å². The summed E-state index contributed by atoms with van der Waals surface area (Å²) in [4.78, 5) is 24.2. The smallest absolute Gasteiger partial charge is 0.350 e. The standard InChI is InChI=1S/C13H20N2O3S/c1-5-6-14-9(3)12(16)15-10-8(2)7-19-11(10)13(17)18-4/h7,9,14H,5-6H2,1-4H3,(H,15,16)/i3D3. The van der Waals surface area contributed by atoms with Crippen LogP contribution >= 0.6 is 11.3 Å². The minimum absolute atomic E-state index is 0.244. The Hall–Kier alpha value is -1.40. The van der Waals surface area contributed by atoms with Crippen LogP contribution in [-0.4, -0.2) is 31.6 Å². The summed E-state index contributed by atoms with van der Waals surface area (Å²) in [5.41, 5.74) is 0.980. The number of rotatable bonds is 6. The van der Waals surface area contributed by atoms with E-state index in [4.69, 9.17) is 4.11 Å². The van der Waals surface area contributed by atoms with E-state index in [2.05, 4.69) is 15.4 Å². The van der Waals surface area contributed by atoms with Gasteiger partial charge < -0.3 is 15.4 Å². The zero-order chi connectivity index (χ0) is 16.9. The van der Waals surface area contributed by atoms with E-state index in [0.717, 1.165) is 11.3 Å². The number of thiophene rings is 1. The Morgan fingerprint density at radius 2 is 2.32 bits per heavy atom. The van der Waals surface area contributed by atoms with Crippen molar-refractivity contribution >= 4 is 28.9 Å². The van der Waals surface area contributed by atoms with E-state index in [1.165, 1.54) is 7.11 Å². The molecule has 0 aliphatic heterocycles. The fourth-order valence-electron chi connectivity index (χ4n) is 1.42. The quantitative estimate of drug-likeness (QED) is 0.787. The number of ether oxygens (including phenoxy) is 1. The van der Waals surface area contributed by atoms with Crippen molar-refractivity contribution in [2.75, 3.05) is 19.0 Å².